The molecule has 2 N–H and O–H groups in total. The average Bonchev–Trinajstić information content (AvgIpc) is 2.46. The largest absolute Gasteiger partial charge is 0.484 e. The predicted octanol–water partition coefficient (Wildman–Crippen LogP) is 1.33. The molecule has 1 amide bonds. The van der Waals surface area contributed by atoms with Crippen LogP contribution in [0.3, 0.4) is 0 Å². The molecule has 2 aromatic rings. The molecule has 0 unspecified atom stereocenters. The van der Waals surface area contributed by atoms with Crippen LogP contribution in [0.2, 0.25) is 0 Å². The summed E-state index contributed by atoms with van der Waals surface area (Å²) in [5.74, 6) is -2.67. The third kappa shape index (κ3) is 3.96. The number of carbonyl (C=O) groups is 2. The van der Waals surface area contributed by atoms with Gasteiger partial charge in [-0.25, -0.2) is 19.2 Å². The quantitative estimate of drug-likeness (QED) is 0.861. The molecule has 1 heterocycles. The van der Waals surface area contributed by atoms with Crippen molar-refractivity contribution in [1.82, 2.24) is 9.97 Å². The molecule has 7 nitrogen and oxygen atoms in total. The van der Waals surface area contributed by atoms with Crippen molar-refractivity contribution < 1.29 is 23.8 Å². The topological polar surface area (TPSA) is 101 Å². The van der Waals surface area contributed by atoms with E-state index in [4.69, 9.17) is 9.84 Å². The highest BCUT2D eigenvalue weighted by Crippen LogP contribution is 2.16. The van der Waals surface area contributed by atoms with E-state index in [0.29, 0.717) is 0 Å². The summed E-state index contributed by atoms with van der Waals surface area (Å²) in [4.78, 5) is 29.8. The van der Waals surface area contributed by atoms with Gasteiger partial charge in [-0.1, -0.05) is 0 Å². The standard InChI is InChI=1S/C13H10FN3O4/c14-10-6-8(2-3-9(10)12(19)20)21-7-11(18)17-13-15-4-1-5-16-13/h1-6H,7H2,(H,19,20)(H,15,16,17,18). The first kappa shape index (κ1) is 14.4. The van der Waals surface area contributed by atoms with Gasteiger partial charge in [0.1, 0.15) is 11.6 Å². The van der Waals surface area contributed by atoms with Crippen LogP contribution in [0.15, 0.2) is 36.7 Å². The number of benzene rings is 1. The molecule has 2 rings (SSSR count). The monoisotopic (exact) mass is 291 g/mol. The number of nitrogens with zero attached hydrogens (tertiary/aromatic N) is 2. The van der Waals surface area contributed by atoms with Crippen molar-refractivity contribution in [2.24, 2.45) is 0 Å². The van der Waals surface area contributed by atoms with Crippen LogP contribution < -0.4 is 10.1 Å². The van der Waals surface area contributed by atoms with Crippen molar-refractivity contribution in [2.75, 3.05) is 11.9 Å². The molecule has 1 aromatic heterocycles. The summed E-state index contributed by atoms with van der Waals surface area (Å²) in [6, 6.07) is 4.82. The lowest BCUT2D eigenvalue weighted by atomic mass is 10.2. The number of ether oxygens (including phenoxy) is 1. The maximum Gasteiger partial charge on any atom is 0.338 e. The molecule has 0 saturated carbocycles. The Labute approximate surface area is 118 Å². The molecule has 1 aromatic carbocycles. The maximum atomic E-state index is 13.4. The molecule has 0 fully saturated rings. The van der Waals surface area contributed by atoms with E-state index in [1.807, 2.05) is 0 Å². The second-order valence-corrected chi connectivity index (χ2v) is 3.86. The van der Waals surface area contributed by atoms with E-state index < -0.39 is 23.3 Å². The highest BCUT2D eigenvalue weighted by atomic mass is 19.1. The van der Waals surface area contributed by atoms with Crippen molar-refractivity contribution in [1.29, 1.82) is 0 Å². The molecule has 0 radical (unpaired) electrons. The Balaban J connectivity index is 1.92. The van der Waals surface area contributed by atoms with Gasteiger partial charge in [0.05, 0.1) is 5.56 Å². The fraction of sp³-hybridized carbons (Fsp3) is 0.0769. The molecular formula is C13H10FN3O4. The van der Waals surface area contributed by atoms with Gasteiger partial charge in [-0.15, -0.1) is 0 Å². The first-order valence-electron chi connectivity index (χ1n) is 5.79. The predicted molar refractivity (Wildman–Crippen MR) is 69.5 cm³/mol. The second-order valence-electron chi connectivity index (χ2n) is 3.86. The van der Waals surface area contributed by atoms with Crippen LogP contribution in [0.1, 0.15) is 10.4 Å². The summed E-state index contributed by atoms with van der Waals surface area (Å²) in [7, 11) is 0. The van der Waals surface area contributed by atoms with Crippen molar-refractivity contribution in [3.63, 3.8) is 0 Å². The van der Waals surface area contributed by atoms with Gasteiger partial charge in [0.2, 0.25) is 5.95 Å². The summed E-state index contributed by atoms with van der Waals surface area (Å²) in [6.45, 7) is -0.385. The van der Waals surface area contributed by atoms with E-state index in [9.17, 15) is 14.0 Å². The van der Waals surface area contributed by atoms with Gasteiger partial charge < -0.3 is 9.84 Å². The van der Waals surface area contributed by atoms with Crippen LogP contribution in [0.5, 0.6) is 5.75 Å². The summed E-state index contributed by atoms with van der Waals surface area (Å²) < 4.78 is 18.4. The maximum absolute atomic E-state index is 13.4. The number of anilines is 1. The Morgan fingerprint density at radius 3 is 2.62 bits per heavy atom. The SMILES string of the molecule is O=C(COc1ccc(C(=O)O)c(F)c1)Nc1ncccn1. The van der Waals surface area contributed by atoms with E-state index in [0.717, 1.165) is 12.1 Å². The summed E-state index contributed by atoms with van der Waals surface area (Å²) in [6.07, 6.45) is 2.92. The molecule has 0 aliphatic carbocycles. The Morgan fingerprint density at radius 1 is 1.29 bits per heavy atom. The van der Waals surface area contributed by atoms with Gasteiger partial charge in [0.25, 0.3) is 5.91 Å². The number of hydrogen-bond donors (Lipinski definition) is 2. The highest BCUT2D eigenvalue weighted by molar-refractivity contribution is 5.90. The Morgan fingerprint density at radius 2 is 2.00 bits per heavy atom. The molecule has 108 valence electrons. The number of rotatable bonds is 5. The van der Waals surface area contributed by atoms with Crippen molar-refractivity contribution >= 4 is 17.8 Å². The van der Waals surface area contributed by atoms with Crippen LogP contribution in [-0.4, -0.2) is 33.6 Å². The zero-order valence-electron chi connectivity index (χ0n) is 10.6. The molecule has 0 saturated heterocycles. The average molecular weight is 291 g/mol. The number of halogens is 1. The van der Waals surface area contributed by atoms with Crippen LogP contribution >= 0.6 is 0 Å². The lowest BCUT2D eigenvalue weighted by Gasteiger charge is -2.07. The van der Waals surface area contributed by atoms with Gasteiger partial charge in [0.15, 0.2) is 6.61 Å². The minimum absolute atomic E-state index is 0.0432. The minimum atomic E-state index is -1.38. The third-order valence-electron chi connectivity index (χ3n) is 2.36. The first-order chi connectivity index (χ1) is 10.1. The van der Waals surface area contributed by atoms with Crippen LogP contribution in [0.4, 0.5) is 10.3 Å². The Kier molecular flexibility index (Phi) is 4.39. The lowest BCUT2D eigenvalue weighted by molar-refractivity contribution is -0.118. The van der Waals surface area contributed by atoms with Crippen LogP contribution in [-0.2, 0) is 4.79 Å². The molecule has 0 aliphatic heterocycles. The molecule has 21 heavy (non-hydrogen) atoms. The summed E-state index contributed by atoms with van der Waals surface area (Å²) >= 11 is 0. The number of nitrogens with one attached hydrogen (secondary N) is 1. The zero-order chi connectivity index (χ0) is 15.2. The van der Waals surface area contributed by atoms with Gasteiger partial charge in [-0.05, 0) is 18.2 Å². The number of aromatic carboxylic acids is 1. The lowest BCUT2D eigenvalue weighted by Crippen LogP contribution is -2.21. The number of carboxylic acid groups (broad SMARTS) is 1. The normalized spacial score (nSPS) is 9.95. The number of hydrogen-bond acceptors (Lipinski definition) is 5. The highest BCUT2D eigenvalue weighted by Gasteiger charge is 2.12. The second kappa shape index (κ2) is 6.42. The smallest absolute Gasteiger partial charge is 0.338 e. The fourth-order valence-electron chi connectivity index (χ4n) is 1.43. The van der Waals surface area contributed by atoms with E-state index >= 15 is 0 Å². The molecule has 0 atom stereocenters. The molecule has 0 spiro atoms. The molecular weight excluding hydrogens is 281 g/mol. The molecule has 8 heteroatoms. The Bertz CT molecular complexity index is 664. The summed E-state index contributed by atoms with van der Waals surface area (Å²) in [5, 5.41) is 11.1. The number of aromatic nitrogens is 2. The number of carboxylic acids is 1. The van der Waals surface area contributed by atoms with E-state index in [-0.39, 0.29) is 18.3 Å². The van der Waals surface area contributed by atoms with Gasteiger partial charge in [0, 0.05) is 18.5 Å². The number of carbonyl (C=O) groups excluding carboxylic acids is 1. The van der Waals surface area contributed by atoms with Crippen molar-refractivity contribution in [2.45, 2.75) is 0 Å². The van der Waals surface area contributed by atoms with Gasteiger partial charge in [-0.2, -0.15) is 0 Å². The van der Waals surface area contributed by atoms with Gasteiger partial charge >= 0.3 is 5.97 Å². The van der Waals surface area contributed by atoms with Crippen LogP contribution in [0.25, 0.3) is 0 Å². The van der Waals surface area contributed by atoms with E-state index in [2.05, 4.69) is 15.3 Å². The minimum Gasteiger partial charge on any atom is -0.484 e. The number of amides is 1. The Hall–Kier alpha value is -3.03. The fourth-order valence-corrected chi connectivity index (χ4v) is 1.43. The van der Waals surface area contributed by atoms with Crippen LogP contribution in [0, 0.1) is 5.82 Å². The molecule has 0 aliphatic rings. The summed E-state index contributed by atoms with van der Waals surface area (Å²) in [5.41, 5.74) is -0.468. The van der Waals surface area contributed by atoms with Crippen molar-refractivity contribution in [3.8, 4) is 5.75 Å². The van der Waals surface area contributed by atoms with Gasteiger partial charge in [-0.3, -0.25) is 10.1 Å². The first-order valence-corrected chi connectivity index (χ1v) is 5.79. The zero-order valence-corrected chi connectivity index (χ0v) is 10.6. The third-order valence-corrected chi connectivity index (χ3v) is 2.36. The van der Waals surface area contributed by atoms with E-state index in [1.165, 1.54) is 18.5 Å². The molecule has 0 bridgehead atoms. The van der Waals surface area contributed by atoms with Crippen molar-refractivity contribution in [3.05, 3.63) is 48.0 Å². The van der Waals surface area contributed by atoms with E-state index in [1.54, 1.807) is 6.07 Å².